The predicted octanol–water partition coefficient (Wildman–Crippen LogP) is 3.21. The number of nitrogens with zero attached hydrogens (tertiary/aromatic N) is 2. The molecule has 2 aromatic rings. The van der Waals surface area contributed by atoms with Crippen molar-refractivity contribution >= 4 is 41.5 Å². The molecule has 1 aliphatic heterocycles. The summed E-state index contributed by atoms with van der Waals surface area (Å²) in [6.07, 6.45) is 1.27. The zero-order valence-corrected chi connectivity index (χ0v) is 16.6. The molecule has 1 fully saturated rings. The summed E-state index contributed by atoms with van der Waals surface area (Å²) < 4.78 is 10.7. The van der Waals surface area contributed by atoms with Crippen molar-refractivity contribution in [3.63, 3.8) is 0 Å². The van der Waals surface area contributed by atoms with E-state index in [1.54, 1.807) is 31.2 Å². The van der Waals surface area contributed by atoms with Crippen LogP contribution in [-0.2, 0) is 14.3 Å². The van der Waals surface area contributed by atoms with E-state index >= 15 is 0 Å². The lowest BCUT2D eigenvalue weighted by atomic mass is 10.1. The minimum Gasteiger partial charge on any atom is -0.462 e. The molecule has 0 aliphatic carbocycles. The molecule has 9 heteroatoms. The maximum atomic E-state index is 12.3. The molecular weight excluding hydrogens is 400 g/mol. The molecule has 1 aromatic carbocycles. The maximum Gasteiger partial charge on any atom is 0.339 e. The SMILES string of the molecule is CCOC(=O)c1cc(-c2ccc(C=C3C(=O)N(C)C(=O)N(C)C3=O)o2)ccc1Cl. The molecule has 150 valence electrons. The highest BCUT2D eigenvalue weighted by Gasteiger charge is 2.38. The summed E-state index contributed by atoms with van der Waals surface area (Å²) in [5.74, 6) is -1.35. The van der Waals surface area contributed by atoms with Gasteiger partial charge in [0.05, 0.1) is 17.2 Å². The Labute approximate surface area is 171 Å². The number of ether oxygens (including phenoxy) is 1. The monoisotopic (exact) mass is 416 g/mol. The average molecular weight is 417 g/mol. The number of imide groups is 2. The van der Waals surface area contributed by atoms with E-state index in [2.05, 4.69) is 0 Å². The molecule has 0 bridgehead atoms. The van der Waals surface area contributed by atoms with Gasteiger partial charge in [-0.2, -0.15) is 0 Å². The molecule has 3 rings (SSSR count). The molecule has 0 N–H and O–H groups in total. The van der Waals surface area contributed by atoms with Crippen molar-refractivity contribution in [3.8, 4) is 11.3 Å². The van der Waals surface area contributed by atoms with Crippen LogP contribution in [0, 0.1) is 0 Å². The third-order valence-electron chi connectivity index (χ3n) is 4.30. The van der Waals surface area contributed by atoms with Gasteiger partial charge in [0.15, 0.2) is 0 Å². The van der Waals surface area contributed by atoms with Crippen LogP contribution in [0.5, 0.6) is 0 Å². The molecule has 4 amide bonds. The fourth-order valence-corrected chi connectivity index (χ4v) is 2.94. The highest BCUT2D eigenvalue weighted by molar-refractivity contribution is 6.33. The van der Waals surface area contributed by atoms with Crippen LogP contribution in [0.25, 0.3) is 17.4 Å². The van der Waals surface area contributed by atoms with Crippen LogP contribution >= 0.6 is 11.6 Å². The number of amides is 4. The maximum absolute atomic E-state index is 12.3. The van der Waals surface area contributed by atoms with Gasteiger partial charge in [0.1, 0.15) is 17.1 Å². The summed E-state index contributed by atoms with van der Waals surface area (Å²) >= 11 is 6.07. The fourth-order valence-electron chi connectivity index (χ4n) is 2.75. The van der Waals surface area contributed by atoms with Crippen LogP contribution < -0.4 is 0 Å². The quantitative estimate of drug-likeness (QED) is 0.431. The molecule has 29 heavy (non-hydrogen) atoms. The van der Waals surface area contributed by atoms with Crippen molar-refractivity contribution in [2.24, 2.45) is 0 Å². The third kappa shape index (κ3) is 3.79. The predicted molar refractivity (Wildman–Crippen MR) is 104 cm³/mol. The second kappa shape index (κ2) is 7.92. The zero-order chi connectivity index (χ0) is 21.3. The second-order valence-electron chi connectivity index (χ2n) is 6.19. The van der Waals surface area contributed by atoms with E-state index in [1.165, 1.54) is 26.2 Å². The first-order valence-electron chi connectivity index (χ1n) is 8.63. The first-order valence-corrected chi connectivity index (χ1v) is 9.01. The number of esters is 1. The van der Waals surface area contributed by atoms with E-state index in [0.29, 0.717) is 11.3 Å². The van der Waals surface area contributed by atoms with E-state index in [-0.39, 0.29) is 28.5 Å². The first kappa shape index (κ1) is 20.3. The van der Waals surface area contributed by atoms with Gasteiger partial charge in [-0.25, -0.2) is 9.59 Å². The molecule has 0 atom stereocenters. The van der Waals surface area contributed by atoms with Gasteiger partial charge in [-0.1, -0.05) is 11.6 Å². The van der Waals surface area contributed by atoms with E-state index < -0.39 is 23.8 Å². The Bertz CT molecular complexity index is 1030. The van der Waals surface area contributed by atoms with E-state index in [1.807, 2.05) is 0 Å². The Kier molecular flexibility index (Phi) is 5.56. The first-order chi connectivity index (χ1) is 13.7. The van der Waals surface area contributed by atoms with Crippen molar-refractivity contribution in [2.45, 2.75) is 6.92 Å². The lowest BCUT2D eigenvalue weighted by Crippen LogP contribution is -2.52. The number of halogens is 1. The third-order valence-corrected chi connectivity index (χ3v) is 4.63. The number of urea groups is 1. The topological polar surface area (TPSA) is 97.1 Å². The number of carbonyl (C=O) groups excluding carboxylic acids is 4. The van der Waals surface area contributed by atoms with Gasteiger partial charge in [-0.3, -0.25) is 19.4 Å². The van der Waals surface area contributed by atoms with Crippen molar-refractivity contribution < 1.29 is 28.3 Å². The van der Waals surface area contributed by atoms with E-state index in [9.17, 15) is 19.2 Å². The molecule has 0 radical (unpaired) electrons. The summed E-state index contributed by atoms with van der Waals surface area (Å²) in [5, 5.41) is 0.246. The van der Waals surface area contributed by atoms with Crippen LogP contribution in [0.3, 0.4) is 0 Å². The van der Waals surface area contributed by atoms with Gasteiger partial charge < -0.3 is 9.15 Å². The number of rotatable bonds is 4. The molecule has 2 heterocycles. The minimum absolute atomic E-state index is 0.196. The van der Waals surface area contributed by atoms with Gasteiger partial charge in [-0.05, 0) is 43.3 Å². The smallest absolute Gasteiger partial charge is 0.339 e. The highest BCUT2D eigenvalue weighted by atomic mass is 35.5. The van der Waals surface area contributed by atoms with Crippen LogP contribution in [0.2, 0.25) is 5.02 Å². The zero-order valence-electron chi connectivity index (χ0n) is 15.9. The normalized spacial score (nSPS) is 14.5. The molecule has 0 saturated carbocycles. The largest absolute Gasteiger partial charge is 0.462 e. The lowest BCUT2D eigenvalue weighted by Gasteiger charge is -2.28. The summed E-state index contributed by atoms with van der Waals surface area (Å²) in [6.45, 7) is 1.91. The highest BCUT2D eigenvalue weighted by Crippen LogP contribution is 2.28. The molecule has 8 nitrogen and oxygen atoms in total. The molecule has 1 aromatic heterocycles. The van der Waals surface area contributed by atoms with Crippen LogP contribution in [0.1, 0.15) is 23.0 Å². The molecule has 0 spiro atoms. The Hall–Kier alpha value is -3.39. The van der Waals surface area contributed by atoms with E-state index in [4.69, 9.17) is 20.8 Å². The van der Waals surface area contributed by atoms with Crippen LogP contribution in [-0.4, -0.2) is 54.3 Å². The van der Waals surface area contributed by atoms with Gasteiger partial charge >= 0.3 is 12.0 Å². The number of furan rings is 1. The Morgan fingerprint density at radius 1 is 1.10 bits per heavy atom. The van der Waals surface area contributed by atoms with Crippen molar-refractivity contribution in [1.82, 2.24) is 9.80 Å². The summed E-state index contributed by atoms with van der Waals surface area (Å²) in [7, 11) is 2.58. The number of hydrogen-bond acceptors (Lipinski definition) is 6. The molecule has 0 unspecified atom stereocenters. The van der Waals surface area contributed by atoms with E-state index in [0.717, 1.165) is 9.80 Å². The van der Waals surface area contributed by atoms with Crippen molar-refractivity contribution in [2.75, 3.05) is 20.7 Å². The molecule has 1 saturated heterocycles. The second-order valence-corrected chi connectivity index (χ2v) is 6.59. The Morgan fingerprint density at radius 3 is 2.38 bits per heavy atom. The van der Waals surface area contributed by atoms with Gasteiger partial charge in [-0.15, -0.1) is 0 Å². The molecule has 1 aliphatic rings. The average Bonchev–Trinajstić information content (AvgIpc) is 3.17. The van der Waals surface area contributed by atoms with Gasteiger partial charge in [0, 0.05) is 19.7 Å². The number of barbiturate groups is 1. The number of likely N-dealkylation sites (N-methyl/N-ethyl adjacent to an activating group) is 2. The number of hydrogen-bond donors (Lipinski definition) is 0. The minimum atomic E-state index is -0.716. The van der Waals surface area contributed by atoms with Crippen LogP contribution in [0.15, 0.2) is 40.3 Å². The van der Waals surface area contributed by atoms with Gasteiger partial charge in [0.25, 0.3) is 11.8 Å². The lowest BCUT2D eigenvalue weighted by molar-refractivity contribution is -0.134. The fraction of sp³-hybridized carbons (Fsp3) is 0.200. The summed E-state index contributed by atoms with van der Waals surface area (Å²) in [6, 6.07) is 7.24. The molecular formula is C20H17ClN2O6. The summed E-state index contributed by atoms with van der Waals surface area (Å²) in [4.78, 5) is 50.1. The Morgan fingerprint density at radius 2 is 1.76 bits per heavy atom. The Balaban J connectivity index is 1.94. The van der Waals surface area contributed by atoms with Crippen molar-refractivity contribution in [1.29, 1.82) is 0 Å². The standard InChI is InChI=1S/C20H17ClN2O6/c1-4-28-19(26)13-9-11(5-7-15(13)21)16-8-6-12(29-16)10-14-17(24)22(2)20(27)23(3)18(14)25/h5-10H,4H2,1-3H3. The summed E-state index contributed by atoms with van der Waals surface area (Å²) in [5.41, 5.74) is 0.563. The van der Waals surface area contributed by atoms with Crippen LogP contribution in [0.4, 0.5) is 4.79 Å². The number of benzene rings is 1. The number of carbonyl (C=O) groups is 4. The van der Waals surface area contributed by atoms with Crippen molar-refractivity contribution in [3.05, 3.63) is 52.3 Å². The van der Waals surface area contributed by atoms with Gasteiger partial charge in [0.2, 0.25) is 0 Å².